The Morgan fingerprint density at radius 2 is 1.14 bits per heavy atom. The maximum absolute atomic E-state index is 12.3. The molecule has 2 bridgehead atoms. The van der Waals surface area contributed by atoms with Gasteiger partial charge in [-0.2, -0.15) is 0 Å². The zero-order chi connectivity index (χ0) is 16.1. The molecule has 0 heterocycles. The number of allylic oxidation sites excluding steroid dienone is 2. The van der Waals surface area contributed by atoms with Crippen LogP contribution < -0.4 is 0 Å². The molecule has 2 N–H and O–H groups in total. The lowest BCUT2D eigenvalue weighted by molar-refractivity contribution is -0.187. The Kier molecular flexibility index (Phi) is 3.51. The van der Waals surface area contributed by atoms with Gasteiger partial charge in [0, 0.05) is 10.8 Å². The highest BCUT2D eigenvalue weighted by Crippen LogP contribution is 2.79. The van der Waals surface area contributed by atoms with Gasteiger partial charge in [0.1, 0.15) is 0 Å². The predicted octanol–water partition coefficient (Wildman–Crippen LogP) is 3.71. The van der Waals surface area contributed by atoms with Gasteiger partial charge < -0.3 is 10.2 Å². The van der Waals surface area contributed by atoms with E-state index in [1.807, 2.05) is 39.8 Å². The van der Waals surface area contributed by atoms with Gasteiger partial charge in [0.15, 0.2) is 0 Å². The minimum atomic E-state index is -1.22. The highest BCUT2D eigenvalue weighted by molar-refractivity contribution is 5.91. The Hall–Kier alpha value is -1.32. The van der Waals surface area contributed by atoms with Crippen molar-refractivity contribution in [2.75, 3.05) is 0 Å². The highest BCUT2D eigenvalue weighted by atomic mass is 16.4. The number of hydrogen-bond acceptors (Lipinski definition) is 2. The molecule has 21 heavy (non-hydrogen) atoms. The van der Waals surface area contributed by atoms with Crippen molar-refractivity contribution in [1.82, 2.24) is 0 Å². The molecule has 4 unspecified atom stereocenters. The molecular formula is C17H26O4. The third kappa shape index (κ3) is 1.32. The summed E-state index contributed by atoms with van der Waals surface area (Å²) in [5.74, 6) is -1.90. The van der Waals surface area contributed by atoms with Crippen molar-refractivity contribution in [3.8, 4) is 0 Å². The normalized spacial score (nSPS) is 44.2. The quantitative estimate of drug-likeness (QED) is 0.732. The summed E-state index contributed by atoms with van der Waals surface area (Å²) in [5, 5.41) is 20.2. The highest BCUT2D eigenvalue weighted by Gasteiger charge is 2.81. The number of rotatable bonds is 6. The number of carbonyl (C=O) groups is 2. The van der Waals surface area contributed by atoms with Crippen molar-refractivity contribution >= 4 is 11.9 Å². The van der Waals surface area contributed by atoms with Gasteiger partial charge in [0.2, 0.25) is 0 Å². The summed E-state index contributed by atoms with van der Waals surface area (Å²) in [6.07, 6.45) is 6.72. The Labute approximate surface area is 126 Å². The van der Waals surface area contributed by atoms with Gasteiger partial charge in [-0.3, -0.25) is 9.59 Å². The van der Waals surface area contributed by atoms with E-state index < -0.39 is 33.6 Å². The van der Waals surface area contributed by atoms with Crippen LogP contribution >= 0.6 is 0 Å². The Bertz CT molecular complexity index is 467. The van der Waals surface area contributed by atoms with Crippen LogP contribution in [0.1, 0.15) is 59.8 Å². The molecule has 0 amide bonds. The summed E-state index contributed by atoms with van der Waals surface area (Å²) >= 11 is 0. The summed E-state index contributed by atoms with van der Waals surface area (Å²) in [7, 11) is 0. The fourth-order valence-electron chi connectivity index (χ4n) is 5.93. The number of hydrogen-bond donors (Lipinski definition) is 2. The van der Waals surface area contributed by atoms with Crippen LogP contribution in [-0.4, -0.2) is 22.2 Å². The van der Waals surface area contributed by atoms with Crippen molar-refractivity contribution in [2.45, 2.75) is 59.8 Å². The molecular weight excluding hydrogens is 268 g/mol. The lowest BCUT2D eigenvalue weighted by atomic mass is 9.47. The third-order valence-electron chi connectivity index (χ3n) is 6.83. The van der Waals surface area contributed by atoms with Gasteiger partial charge in [0.05, 0.1) is 10.8 Å². The van der Waals surface area contributed by atoms with Crippen molar-refractivity contribution in [3.05, 3.63) is 12.2 Å². The summed E-state index contributed by atoms with van der Waals surface area (Å²) in [4.78, 5) is 24.7. The molecule has 4 heteroatoms. The Balaban J connectivity index is 2.90. The lowest BCUT2D eigenvalue weighted by Crippen LogP contribution is -2.60. The molecule has 1 fully saturated rings. The summed E-state index contributed by atoms with van der Waals surface area (Å²) in [6, 6.07) is 0. The molecule has 0 saturated heterocycles. The van der Waals surface area contributed by atoms with Crippen LogP contribution in [0.4, 0.5) is 0 Å². The molecule has 4 atom stereocenters. The predicted molar refractivity (Wildman–Crippen MR) is 79.9 cm³/mol. The molecule has 0 aromatic heterocycles. The van der Waals surface area contributed by atoms with Crippen LogP contribution in [-0.2, 0) is 9.59 Å². The van der Waals surface area contributed by atoms with E-state index in [0.29, 0.717) is 32.1 Å². The first-order chi connectivity index (χ1) is 9.79. The molecule has 0 aromatic rings. The number of fused-ring (bicyclic) bond motifs is 2. The monoisotopic (exact) mass is 294 g/mol. The Morgan fingerprint density at radius 3 is 1.33 bits per heavy atom. The second kappa shape index (κ2) is 4.59. The molecule has 0 radical (unpaired) electrons. The van der Waals surface area contributed by atoms with E-state index in [-0.39, 0.29) is 0 Å². The van der Waals surface area contributed by atoms with Gasteiger partial charge in [-0.25, -0.2) is 0 Å². The second-order valence-corrected chi connectivity index (χ2v) is 6.66. The van der Waals surface area contributed by atoms with Crippen molar-refractivity contribution in [1.29, 1.82) is 0 Å². The number of carboxylic acids is 2. The molecule has 2 aliphatic rings. The van der Waals surface area contributed by atoms with E-state index in [9.17, 15) is 19.8 Å². The maximum atomic E-state index is 12.3. The van der Waals surface area contributed by atoms with Crippen LogP contribution in [0.3, 0.4) is 0 Å². The van der Waals surface area contributed by atoms with E-state index in [1.165, 1.54) is 0 Å². The standard InChI is InChI=1S/C17H26O4/c1-5-14-9-10-15(6-2,11-14)17(8-4,13(20)21)16(14,7-3)12(18)19/h9-10H,5-8,11H2,1-4H3,(H,18,19)(H,20,21). The second-order valence-electron chi connectivity index (χ2n) is 6.66. The smallest absolute Gasteiger partial charge is 0.311 e. The molecule has 4 nitrogen and oxygen atoms in total. The van der Waals surface area contributed by atoms with E-state index in [1.54, 1.807) is 0 Å². The van der Waals surface area contributed by atoms with E-state index in [2.05, 4.69) is 0 Å². The minimum Gasteiger partial charge on any atom is -0.481 e. The fraction of sp³-hybridized carbons (Fsp3) is 0.765. The summed E-state index contributed by atoms with van der Waals surface area (Å²) in [5.41, 5.74) is -3.53. The van der Waals surface area contributed by atoms with Crippen LogP contribution in [0.15, 0.2) is 12.2 Å². The zero-order valence-electron chi connectivity index (χ0n) is 13.4. The molecule has 1 saturated carbocycles. The molecule has 118 valence electrons. The van der Waals surface area contributed by atoms with Gasteiger partial charge in [-0.1, -0.05) is 39.8 Å². The van der Waals surface area contributed by atoms with Gasteiger partial charge in [-0.05, 0) is 32.1 Å². The molecule has 0 spiro atoms. The topological polar surface area (TPSA) is 74.6 Å². The van der Waals surface area contributed by atoms with Crippen LogP contribution in [0.25, 0.3) is 0 Å². The van der Waals surface area contributed by atoms with E-state index >= 15 is 0 Å². The zero-order valence-corrected chi connectivity index (χ0v) is 13.4. The Morgan fingerprint density at radius 1 is 0.810 bits per heavy atom. The maximum Gasteiger partial charge on any atom is 0.311 e. The van der Waals surface area contributed by atoms with Crippen molar-refractivity contribution in [3.63, 3.8) is 0 Å². The fourth-order valence-corrected chi connectivity index (χ4v) is 5.93. The average Bonchev–Trinajstić information content (AvgIpc) is 2.95. The summed E-state index contributed by atoms with van der Waals surface area (Å²) in [6.45, 7) is 7.63. The van der Waals surface area contributed by atoms with E-state index in [4.69, 9.17) is 0 Å². The first-order valence-electron chi connectivity index (χ1n) is 7.97. The number of carboxylic acid groups (broad SMARTS) is 2. The first-order valence-corrected chi connectivity index (χ1v) is 7.97. The van der Waals surface area contributed by atoms with Gasteiger partial charge in [0.25, 0.3) is 0 Å². The van der Waals surface area contributed by atoms with E-state index in [0.717, 1.165) is 0 Å². The largest absolute Gasteiger partial charge is 0.481 e. The molecule has 0 aliphatic heterocycles. The van der Waals surface area contributed by atoms with Crippen LogP contribution in [0.5, 0.6) is 0 Å². The average molecular weight is 294 g/mol. The van der Waals surface area contributed by atoms with Crippen molar-refractivity contribution < 1.29 is 19.8 Å². The lowest BCUT2D eigenvalue weighted by Gasteiger charge is -2.53. The van der Waals surface area contributed by atoms with Crippen molar-refractivity contribution in [2.24, 2.45) is 21.7 Å². The number of aliphatic carboxylic acids is 2. The molecule has 2 rings (SSSR count). The minimum absolute atomic E-state index is 0.350. The third-order valence-corrected chi connectivity index (χ3v) is 6.83. The summed E-state index contributed by atoms with van der Waals surface area (Å²) < 4.78 is 0. The van der Waals surface area contributed by atoms with Gasteiger partial charge >= 0.3 is 11.9 Å². The first kappa shape index (κ1) is 16.1. The molecule has 0 aromatic carbocycles. The SMILES string of the molecule is CCC12C=CC(CC)(C1)C(CC)(C(=O)O)C2(CC)C(=O)O. The van der Waals surface area contributed by atoms with Gasteiger partial charge in [-0.15, -0.1) is 0 Å². The van der Waals surface area contributed by atoms with Crippen LogP contribution in [0.2, 0.25) is 0 Å². The molecule has 2 aliphatic carbocycles. The van der Waals surface area contributed by atoms with Crippen LogP contribution in [0, 0.1) is 21.7 Å².